The van der Waals surface area contributed by atoms with Crippen LogP contribution in [-0.2, 0) is 17.5 Å². The van der Waals surface area contributed by atoms with Gasteiger partial charge in [-0.1, -0.05) is 18.2 Å². The lowest BCUT2D eigenvalue weighted by atomic mass is 10.1. The molecule has 0 saturated heterocycles. The number of rotatable bonds is 8. The van der Waals surface area contributed by atoms with Gasteiger partial charge in [-0.15, -0.1) is 0 Å². The third kappa shape index (κ3) is 5.28. The van der Waals surface area contributed by atoms with Crippen molar-refractivity contribution >= 4 is 51.7 Å². The topological polar surface area (TPSA) is 136 Å². The number of halogens is 5. The Hall–Kier alpha value is -4.43. The SMILES string of the molecule is C=C(/N=C\c1c(N)n2nc(C(F)(F)F)cc2c2c1cc(C(=O)O)c(=O)n2CCOC)Nc1ccc(F)c(Cl)c1. The number of carboxylic acids is 1. The number of aromatic carboxylic acids is 1. The number of nitrogens with one attached hydrogen (secondary N) is 1. The molecule has 0 unspecified atom stereocenters. The summed E-state index contributed by atoms with van der Waals surface area (Å²) in [6.45, 7) is 3.48. The largest absolute Gasteiger partial charge is 0.477 e. The second-order valence-electron chi connectivity index (χ2n) is 8.16. The first-order valence-corrected chi connectivity index (χ1v) is 11.3. The van der Waals surface area contributed by atoms with Gasteiger partial charge in [-0.3, -0.25) is 4.79 Å². The Kier molecular flexibility index (Phi) is 7.35. The van der Waals surface area contributed by atoms with Crippen LogP contribution in [0.2, 0.25) is 5.02 Å². The van der Waals surface area contributed by atoms with Gasteiger partial charge in [0.05, 0.1) is 22.7 Å². The predicted octanol–water partition coefficient (Wildman–Crippen LogP) is 4.39. The van der Waals surface area contributed by atoms with Crippen molar-refractivity contribution in [2.45, 2.75) is 12.7 Å². The molecular formula is C24H19ClF4N6O4. The maximum absolute atomic E-state index is 13.6. The number of aliphatic imine (C=N–C) groups is 1. The molecule has 0 aliphatic carbocycles. The van der Waals surface area contributed by atoms with Crippen LogP contribution in [0.1, 0.15) is 21.6 Å². The number of benzene rings is 1. The molecule has 0 fully saturated rings. The molecule has 10 nitrogen and oxygen atoms in total. The van der Waals surface area contributed by atoms with E-state index in [1.54, 1.807) is 0 Å². The molecule has 204 valence electrons. The van der Waals surface area contributed by atoms with Gasteiger partial charge in [0.1, 0.15) is 23.0 Å². The highest BCUT2D eigenvalue weighted by atomic mass is 35.5. The van der Waals surface area contributed by atoms with E-state index in [9.17, 15) is 32.3 Å². The van der Waals surface area contributed by atoms with E-state index in [1.807, 2.05) is 0 Å². The van der Waals surface area contributed by atoms with Crippen LogP contribution in [0.3, 0.4) is 0 Å². The summed E-state index contributed by atoms with van der Waals surface area (Å²) in [5.74, 6) is -2.52. The van der Waals surface area contributed by atoms with Crippen molar-refractivity contribution in [3.05, 3.63) is 80.7 Å². The van der Waals surface area contributed by atoms with E-state index in [4.69, 9.17) is 22.1 Å². The fraction of sp³-hybridized carbons (Fsp3) is 0.167. The molecule has 0 saturated carbocycles. The van der Waals surface area contributed by atoms with E-state index in [0.29, 0.717) is 11.8 Å². The van der Waals surface area contributed by atoms with Crippen molar-refractivity contribution < 1.29 is 32.2 Å². The van der Waals surface area contributed by atoms with Crippen molar-refractivity contribution in [1.82, 2.24) is 14.2 Å². The Morgan fingerprint density at radius 3 is 2.67 bits per heavy atom. The van der Waals surface area contributed by atoms with E-state index in [1.165, 1.54) is 19.2 Å². The Morgan fingerprint density at radius 1 is 1.33 bits per heavy atom. The van der Waals surface area contributed by atoms with Gasteiger partial charge in [0.25, 0.3) is 5.56 Å². The molecule has 39 heavy (non-hydrogen) atoms. The van der Waals surface area contributed by atoms with Gasteiger partial charge in [0, 0.05) is 36.5 Å². The molecule has 0 aliphatic heterocycles. The number of aromatic nitrogens is 3. The van der Waals surface area contributed by atoms with Crippen LogP contribution < -0.4 is 16.6 Å². The summed E-state index contributed by atoms with van der Waals surface area (Å²) in [5, 5.41) is 15.8. The number of hydrogen-bond donors (Lipinski definition) is 3. The first-order valence-electron chi connectivity index (χ1n) is 11.0. The molecule has 4 aromatic rings. The van der Waals surface area contributed by atoms with Gasteiger partial charge >= 0.3 is 12.1 Å². The molecule has 15 heteroatoms. The highest BCUT2D eigenvalue weighted by Gasteiger charge is 2.35. The molecule has 0 bridgehead atoms. The number of ether oxygens (including phenoxy) is 1. The number of pyridine rings is 2. The molecule has 3 heterocycles. The number of nitrogens with two attached hydrogens (primary N) is 1. The maximum atomic E-state index is 13.6. The molecule has 1 aromatic carbocycles. The number of hydrogen-bond acceptors (Lipinski definition) is 7. The number of methoxy groups -OCH3 is 1. The number of fused-ring (bicyclic) bond motifs is 3. The first-order chi connectivity index (χ1) is 18.3. The van der Waals surface area contributed by atoms with Gasteiger partial charge in [-0.2, -0.15) is 18.3 Å². The number of nitrogens with zero attached hydrogens (tertiary/aromatic N) is 4. The minimum Gasteiger partial charge on any atom is -0.477 e. The van der Waals surface area contributed by atoms with E-state index < -0.39 is 34.8 Å². The second-order valence-corrected chi connectivity index (χ2v) is 8.56. The molecule has 0 aliphatic rings. The van der Waals surface area contributed by atoms with Crippen LogP contribution >= 0.6 is 11.6 Å². The Balaban J connectivity index is 1.98. The van der Waals surface area contributed by atoms with Crippen molar-refractivity contribution in [1.29, 1.82) is 0 Å². The fourth-order valence-corrected chi connectivity index (χ4v) is 4.05. The van der Waals surface area contributed by atoms with Crippen molar-refractivity contribution in [3.63, 3.8) is 0 Å². The summed E-state index contributed by atoms with van der Waals surface area (Å²) in [5.41, 5.74) is 3.36. The lowest BCUT2D eigenvalue weighted by Gasteiger charge is -2.16. The van der Waals surface area contributed by atoms with Crippen LogP contribution in [0.5, 0.6) is 0 Å². The van der Waals surface area contributed by atoms with E-state index >= 15 is 0 Å². The van der Waals surface area contributed by atoms with Crippen LogP contribution in [-0.4, -0.2) is 45.2 Å². The van der Waals surface area contributed by atoms with Crippen molar-refractivity contribution in [3.8, 4) is 0 Å². The molecule has 0 spiro atoms. The van der Waals surface area contributed by atoms with Crippen LogP contribution in [0.15, 0.2) is 52.5 Å². The predicted molar refractivity (Wildman–Crippen MR) is 137 cm³/mol. The van der Waals surface area contributed by atoms with E-state index in [0.717, 1.165) is 27.4 Å². The molecular weight excluding hydrogens is 548 g/mol. The van der Waals surface area contributed by atoms with Gasteiger partial charge in [-0.05, 0) is 30.3 Å². The summed E-state index contributed by atoms with van der Waals surface area (Å²) in [7, 11) is 1.34. The summed E-state index contributed by atoms with van der Waals surface area (Å²) in [6.07, 6.45) is -3.71. The zero-order valence-corrected chi connectivity index (χ0v) is 20.8. The van der Waals surface area contributed by atoms with E-state index in [-0.39, 0.29) is 51.8 Å². The van der Waals surface area contributed by atoms with Crippen molar-refractivity contribution in [2.24, 2.45) is 4.99 Å². The summed E-state index contributed by atoms with van der Waals surface area (Å²) < 4.78 is 60.9. The normalized spacial score (nSPS) is 12.1. The molecule has 4 N–H and O–H groups in total. The third-order valence-electron chi connectivity index (χ3n) is 5.63. The highest BCUT2D eigenvalue weighted by molar-refractivity contribution is 6.31. The van der Waals surface area contributed by atoms with Crippen molar-refractivity contribution in [2.75, 3.05) is 24.8 Å². The van der Waals surface area contributed by atoms with Gasteiger partial charge in [-0.25, -0.2) is 18.7 Å². The lowest BCUT2D eigenvalue weighted by Crippen LogP contribution is -2.29. The second kappa shape index (κ2) is 10.4. The molecule has 3 aromatic heterocycles. The van der Waals surface area contributed by atoms with Crippen LogP contribution in [0.25, 0.3) is 16.4 Å². The summed E-state index contributed by atoms with van der Waals surface area (Å²) in [4.78, 5) is 29.0. The Labute approximate surface area is 221 Å². The van der Waals surface area contributed by atoms with Gasteiger partial charge in [0.2, 0.25) is 0 Å². The number of alkyl halides is 3. The zero-order chi connectivity index (χ0) is 28.6. The quantitative estimate of drug-likeness (QED) is 0.212. The fourth-order valence-electron chi connectivity index (χ4n) is 3.87. The number of anilines is 2. The molecule has 0 amide bonds. The minimum absolute atomic E-state index is 0.00655. The minimum atomic E-state index is -4.84. The summed E-state index contributed by atoms with van der Waals surface area (Å²) in [6, 6.07) is 5.49. The number of nitrogen functional groups attached to an aromatic ring is 1. The molecule has 0 radical (unpaired) electrons. The first kappa shape index (κ1) is 27.6. The van der Waals surface area contributed by atoms with E-state index in [2.05, 4.69) is 22.0 Å². The zero-order valence-electron chi connectivity index (χ0n) is 20.0. The molecule has 4 rings (SSSR count). The highest BCUT2D eigenvalue weighted by Crippen LogP contribution is 2.34. The average molecular weight is 567 g/mol. The number of carboxylic acid groups (broad SMARTS) is 1. The number of carbonyl (C=O) groups is 1. The Bertz CT molecular complexity index is 1730. The van der Waals surface area contributed by atoms with Gasteiger partial charge < -0.3 is 25.5 Å². The van der Waals surface area contributed by atoms with Gasteiger partial charge in [0.15, 0.2) is 5.69 Å². The Morgan fingerprint density at radius 2 is 2.05 bits per heavy atom. The van der Waals surface area contributed by atoms with Crippen LogP contribution in [0.4, 0.5) is 29.1 Å². The van der Waals surface area contributed by atoms with Crippen LogP contribution in [0, 0.1) is 5.82 Å². The summed E-state index contributed by atoms with van der Waals surface area (Å²) >= 11 is 5.78. The monoisotopic (exact) mass is 566 g/mol. The smallest absolute Gasteiger partial charge is 0.435 e. The third-order valence-corrected chi connectivity index (χ3v) is 5.92. The maximum Gasteiger partial charge on any atom is 0.435 e. The average Bonchev–Trinajstić information content (AvgIpc) is 3.32. The standard InChI is InChI=1S/C24H19ClF4N6O4/c1-11(32-12-3-4-17(26)16(25)7-12)31-10-15-13-8-14(23(37)38)22(36)34(5-6-39-2)20(13)18-9-19(24(27,28)29)33-35(18)21(15)30/h3-4,7-10,32H,1,5-6,30H2,2H3,(H,37,38)/b31-10-. The molecule has 0 atom stereocenters. The lowest BCUT2D eigenvalue weighted by molar-refractivity contribution is -0.141.